The van der Waals surface area contributed by atoms with E-state index in [2.05, 4.69) is 15.9 Å². The minimum absolute atomic E-state index is 0. The Morgan fingerprint density at radius 3 is 2.10 bits per heavy atom. The molecule has 1 N–H and O–H groups in total. The van der Waals surface area contributed by atoms with Crippen LogP contribution in [0.15, 0.2) is 0 Å². The smallest absolute Gasteiger partial charge is 0.748 e. The van der Waals surface area contributed by atoms with Gasteiger partial charge in [-0.05, 0) is 0 Å². The maximum atomic E-state index is 9.86. The van der Waals surface area contributed by atoms with E-state index < -0.39 is 22.0 Å². The van der Waals surface area contributed by atoms with E-state index in [1.165, 1.54) is 0 Å². The molecule has 0 aliphatic carbocycles. The molecule has 0 aromatic heterocycles. The number of aliphatic hydroxyl groups excluding tert-OH is 1. The minimum atomic E-state index is -4.27. The Hall–Kier alpha value is 1.99. The van der Waals surface area contributed by atoms with Crippen molar-refractivity contribution in [2.75, 3.05) is 11.1 Å². The predicted molar refractivity (Wildman–Crippen MR) is 34.4 cm³/mol. The molecule has 56 valence electrons. The molecule has 1 unspecified atom stereocenters. The molecule has 0 aliphatic rings. The van der Waals surface area contributed by atoms with Crippen LogP contribution in [-0.2, 0) is 10.1 Å². The first-order valence-electron chi connectivity index (χ1n) is 2.13. The van der Waals surface area contributed by atoms with Crippen LogP contribution in [0.25, 0.3) is 0 Å². The average molecular weight is 257 g/mol. The summed E-state index contributed by atoms with van der Waals surface area (Å²) in [5.74, 6) is -0.724. The first-order valence-corrected chi connectivity index (χ1v) is 4.83. The Balaban J connectivity index is 0. The van der Waals surface area contributed by atoms with E-state index in [1.54, 1.807) is 0 Å². The second kappa shape index (κ2) is 6.50. The van der Waals surface area contributed by atoms with E-state index in [-0.39, 0.29) is 56.7 Å². The SMILES string of the molecule is O=S(=O)([O-])CC(O)CBr.[K+]. The summed E-state index contributed by atoms with van der Waals surface area (Å²) >= 11 is 2.81. The van der Waals surface area contributed by atoms with Crippen molar-refractivity contribution in [3.63, 3.8) is 0 Å². The summed E-state index contributed by atoms with van der Waals surface area (Å²) in [4.78, 5) is 0. The Morgan fingerprint density at radius 2 is 2.00 bits per heavy atom. The molecular weight excluding hydrogens is 251 g/mol. The Labute approximate surface area is 111 Å². The van der Waals surface area contributed by atoms with Gasteiger partial charge in [-0.15, -0.1) is 0 Å². The monoisotopic (exact) mass is 256 g/mol. The topological polar surface area (TPSA) is 77.4 Å². The quantitative estimate of drug-likeness (QED) is 0.320. The molecule has 0 saturated heterocycles. The second-order valence-corrected chi connectivity index (χ2v) is 3.63. The van der Waals surface area contributed by atoms with Gasteiger partial charge in [-0.2, -0.15) is 0 Å². The summed E-state index contributed by atoms with van der Waals surface area (Å²) in [6.45, 7) is 0. The third-order valence-electron chi connectivity index (χ3n) is 0.575. The fraction of sp³-hybridized carbons (Fsp3) is 1.00. The predicted octanol–water partition coefficient (Wildman–Crippen LogP) is -3.71. The molecule has 0 radical (unpaired) electrons. The van der Waals surface area contributed by atoms with Crippen LogP contribution in [0.1, 0.15) is 0 Å². The van der Waals surface area contributed by atoms with Gasteiger partial charge in [0.05, 0.1) is 22.0 Å². The van der Waals surface area contributed by atoms with Gasteiger partial charge in [-0.25, -0.2) is 8.42 Å². The fourth-order valence-corrected chi connectivity index (χ4v) is 1.40. The molecule has 7 heteroatoms. The molecule has 0 bridgehead atoms. The first kappa shape index (κ1) is 14.5. The van der Waals surface area contributed by atoms with Gasteiger partial charge in [-0.1, -0.05) is 15.9 Å². The molecule has 0 aromatic rings. The maximum absolute atomic E-state index is 9.86. The molecule has 0 aromatic carbocycles. The van der Waals surface area contributed by atoms with Gasteiger partial charge >= 0.3 is 51.4 Å². The molecule has 0 aliphatic heterocycles. The van der Waals surface area contributed by atoms with E-state index in [4.69, 9.17) is 5.11 Å². The largest absolute Gasteiger partial charge is 1.00 e. The molecule has 0 fully saturated rings. The van der Waals surface area contributed by atoms with Crippen molar-refractivity contribution in [2.24, 2.45) is 0 Å². The van der Waals surface area contributed by atoms with Crippen molar-refractivity contribution < 1.29 is 69.5 Å². The van der Waals surface area contributed by atoms with Crippen molar-refractivity contribution in [2.45, 2.75) is 6.10 Å². The van der Waals surface area contributed by atoms with Crippen LogP contribution in [0.5, 0.6) is 0 Å². The van der Waals surface area contributed by atoms with Crippen LogP contribution in [0, 0.1) is 0 Å². The van der Waals surface area contributed by atoms with Gasteiger partial charge in [0.2, 0.25) is 0 Å². The zero-order valence-electron chi connectivity index (χ0n) is 5.45. The number of alkyl halides is 1. The second-order valence-electron chi connectivity index (χ2n) is 1.53. The zero-order valence-corrected chi connectivity index (χ0v) is 11.0. The van der Waals surface area contributed by atoms with Gasteiger partial charge < -0.3 is 9.66 Å². The standard InChI is InChI=1S/C3H7BrO4S.K/c4-1-3(5)2-9(6,7)8;/h3,5H,1-2H2,(H,6,7,8);/q;+1/p-1. The molecule has 0 rings (SSSR count). The molecule has 0 spiro atoms. The Kier molecular flexibility index (Phi) is 9.42. The molecule has 0 saturated carbocycles. The summed E-state index contributed by atoms with van der Waals surface area (Å²) in [5.41, 5.74) is 0. The molecule has 10 heavy (non-hydrogen) atoms. The third kappa shape index (κ3) is 9.99. The van der Waals surface area contributed by atoms with Gasteiger partial charge in [-0.3, -0.25) is 0 Å². The summed E-state index contributed by atoms with van der Waals surface area (Å²) in [7, 11) is -4.27. The van der Waals surface area contributed by atoms with Crippen molar-refractivity contribution in [1.82, 2.24) is 0 Å². The van der Waals surface area contributed by atoms with Crippen LogP contribution in [0.4, 0.5) is 0 Å². The number of aliphatic hydroxyl groups is 1. The minimum Gasteiger partial charge on any atom is -0.748 e. The number of hydrogen-bond donors (Lipinski definition) is 1. The summed E-state index contributed by atoms with van der Waals surface area (Å²) in [6, 6.07) is 0. The summed E-state index contributed by atoms with van der Waals surface area (Å²) in [6.07, 6.45) is -1.09. The fourth-order valence-electron chi connectivity index (χ4n) is 0.280. The van der Waals surface area contributed by atoms with Crippen molar-refractivity contribution >= 4 is 26.0 Å². The van der Waals surface area contributed by atoms with Crippen LogP contribution in [0.2, 0.25) is 0 Å². The summed E-state index contributed by atoms with van der Waals surface area (Å²) in [5, 5.41) is 8.67. The third-order valence-corrected chi connectivity index (χ3v) is 2.12. The first-order chi connectivity index (χ1) is 3.95. The van der Waals surface area contributed by atoms with E-state index in [1.807, 2.05) is 0 Å². The van der Waals surface area contributed by atoms with E-state index in [0.29, 0.717) is 0 Å². The zero-order chi connectivity index (χ0) is 7.49. The van der Waals surface area contributed by atoms with Crippen LogP contribution in [0.3, 0.4) is 0 Å². The van der Waals surface area contributed by atoms with Gasteiger partial charge in [0.25, 0.3) is 0 Å². The van der Waals surface area contributed by atoms with E-state index in [0.717, 1.165) is 0 Å². The Morgan fingerprint density at radius 1 is 1.60 bits per heavy atom. The van der Waals surface area contributed by atoms with Gasteiger partial charge in [0, 0.05) is 5.33 Å². The molecule has 1 atom stereocenters. The van der Waals surface area contributed by atoms with Crippen LogP contribution in [-0.4, -0.2) is 35.3 Å². The van der Waals surface area contributed by atoms with E-state index in [9.17, 15) is 13.0 Å². The molecular formula is C3H6BrKO4S. The maximum Gasteiger partial charge on any atom is 1.00 e. The molecule has 4 nitrogen and oxygen atoms in total. The van der Waals surface area contributed by atoms with E-state index >= 15 is 0 Å². The van der Waals surface area contributed by atoms with Crippen LogP contribution < -0.4 is 51.4 Å². The van der Waals surface area contributed by atoms with Crippen molar-refractivity contribution in [3.05, 3.63) is 0 Å². The Bertz CT molecular complexity index is 167. The van der Waals surface area contributed by atoms with Crippen LogP contribution >= 0.6 is 15.9 Å². The number of rotatable bonds is 3. The summed E-state index contributed by atoms with van der Waals surface area (Å²) < 4.78 is 29.6. The van der Waals surface area contributed by atoms with Gasteiger partial charge in [0.15, 0.2) is 0 Å². The average Bonchev–Trinajstić information content (AvgIpc) is 1.62. The molecule has 0 amide bonds. The number of hydrogen-bond acceptors (Lipinski definition) is 4. The number of halogens is 1. The molecule has 0 heterocycles. The van der Waals surface area contributed by atoms with Gasteiger partial charge in [0.1, 0.15) is 0 Å². The normalized spacial score (nSPS) is 13.9. The van der Waals surface area contributed by atoms with Crippen molar-refractivity contribution in [1.29, 1.82) is 0 Å². The van der Waals surface area contributed by atoms with Crippen molar-refractivity contribution in [3.8, 4) is 0 Å².